The van der Waals surface area contributed by atoms with E-state index in [1.54, 1.807) is 12.1 Å². The molecule has 0 aliphatic heterocycles. The number of rotatable bonds is 8. The fraction of sp³-hybridized carbons (Fsp3) is 0.167. The number of hydrogen-bond donors (Lipinski definition) is 0. The van der Waals surface area contributed by atoms with Gasteiger partial charge in [0.1, 0.15) is 5.71 Å². The third kappa shape index (κ3) is 5.85. The summed E-state index contributed by atoms with van der Waals surface area (Å²) in [6.45, 7) is 3.38. The summed E-state index contributed by atoms with van der Waals surface area (Å²) >= 11 is 0.670. The maximum absolute atomic E-state index is 12.7. The Bertz CT molecular complexity index is 1140. The Kier molecular flexibility index (Phi) is 7.84. The van der Waals surface area contributed by atoms with Gasteiger partial charge in [-0.3, -0.25) is 0 Å². The summed E-state index contributed by atoms with van der Waals surface area (Å²) in [5.41, 5.74) is 2.67. The number of nitrogens with zero attached hydrogens (tertiary/aromatic N) is 2. The van der Waals surface area contributed by atoms with Crippen LogP contribution in [-0.2, 0) is 19.6 Å². The minimum atomic E-state index is -3.75. The van der Waals surface area contributed by atoms with Gasteiger partial charge in [0.05, 0.1) is 17.0 Å². The van der Waals surface area contributed by atoms with Crippen molar-refractivity contribution in [3.8, 4) is 0 Å². The molecule has 0 saturated heterocycles. The average molecular weight is 469 g/mol. The number of ether oxygens (including phenoxy) is 1. The molecule has 3 rings (SSSR count). The standard InChI is InChI=1S/C24H24N2O4S2/c1-18-14-16-22(17-15-18)32(28,29)26(3)31-25-19(2)24(27)30-23(20-10-6-4-7-11-20)21-12-8-5-9-13-21/h4-17,23H,1-3H3/b25-19+. The Labute approximate surface area is 193 Å². The molecule has 0 bridgehead atoms. The number of hydrogen-bond acceptors (Lipinski definition) is 6. The van der Waals surface area contributed by atoms with Crippen LogP contribution in [-0.4, -0.2) is 30.9 Å². The predicted octanol–water partition coefficient (Wildman–Crippen LogP) is 4.97. The van der Waals surface area contributed by atoms with E-state index in [4.69, 9.17) is 4.74 Å². The van der Waals surface area contributed by atoms with E-state index in [0.717, 1.165) is 20.4 Å². The molecule has 0 amide bonds. The fourth-order valence-electron chi connectivity index (χ4n) is 2.84. The van der Waals surface area contributed by atoms with Crippen molar-refractivity contribution in [1.82, 2.24) is 3.71 Å². The van der Waals surface area contributed by atoms with Crippen LogP contribution in [0, 0.1) is 6.92 Å². The molecule has 0 unspecified atom stereocenters. The molecule has 0 spiro atoms. The number of benzene rings is 3. The van der Waals surface area contributed by atoms with Gasteiger partial charge in [-0.15, -0.1) is 3.71 Å². The molecule has 6 nitrogen and oxygen atoms in total. The van der Waals surface area contributed by atoms with Crippen LogP contribution in [0.5, 0.6) is 0 Å². The SMILES string of the molecule is C/C(=N\SN(C)S(=O)(=O)c1ccc(C)cc1)C(=O)OC(c1ccccc1)c1ccccc1. The molecule has 0 radical (unpaired) electrons. The van der Waals surface area contributed by atoms with Crippen LogP contribution in [0.2, 0.25) is 0 Å². The lowest BCUT2D eigenvalue weighted by molar-refractivity contribution is -0.139. The molecule has 32 heavy (non-hydrogen) atoms. The highest BCUT2D eigenvalue weighted by atomic mass is 32.3. The average Bonchev–Trinajstić information content (AvgIpc) is 2.82. The van der Waals surface area contributed by atoms with Crippen molar-refractivity contribution >= 4 is 33.8 Å². The van der Waals surface area contributed by atoms with Gasteiger partial charge in [-0.2, -0.15) is 4.40 Å². The van der Waals surface area contributed by atoms with Crippen molar-refractivity contribution in [1.29, 1.82) is 0 Å². The highest BCUT2D eigenvalue weighted by Gasteiger charge is 2.23. The van der Waals surface area contributed by atoms with E-state index in [9.17, 15) is 13.2 Å². The number of sulfonamides is 1. The first-order valence-corrected chi connectivity index (χ1v) is 12.0. The van der Waals surface area contributed by atoms with Crippen LogP contribution in [0.4, 0.5) is 0 Å². The lowest BCUT2D eigenvalue weighted by Crippen LogP contribution is -2.21. The lowest BCUT2D eigenvalue weighted by Gasteiger charge is -2.19. The smallest absolute Gasteiger partial charge is 0.354 e. The third-order valence-electron chi connectivity index (χ3n) is 4.68. The van der Waals surface area contributed by atoms with Crippen molar-refractivity contribution in [3.05, 3.63) is 102 Å². The summed E-state index contributed by atoms with van der Waals surface area (Å²) in [5, 5.41) is 0. The van der Waals surface area contributed by atoms with Gasteiger partial charge in [0.2, 0.25) is 0 Å². The third-order valence-corrected chi connectivity index (χ3v) is 7.59. The molecule has 166 valence electrons. The van der Waals surface area contributed by atoms with Gasteiger partial charge in [0, 0.05) is 7.05 Å². The first-order chi connectivity index (χ1) is 15.3. The largest absolute Gasteiger partial charge is 0.448 e. The minimum absolute atomic E-state index is 0.0535. The Morgan fingerprint density at radius 1 is 0.906 bits per heavy atom. The number of carbonyl (C=O) groups excluding carboxylic acids is 1. The van der Waals surface area contributed by atoms with E-state index in [1.165, 1.54) is 26.1 Å². The first-order valence-electron chi connectivity index (χ1n) is 9.87. The second-order valence-corrected chi connectivity index (χ2v) is 10.2. The number of aryl methyl sites for hydroxylation is 1. The predicted molar refractivity (Wildman–Crippen MR) is 128 cm³/mol. The van der Waals surface area contributed by atoms with Crippen molar-refractivity contribution in [3.63, 3.8) is 0 Å². The van der Waals surface area contributed by atoms with Crippen LogP contribution >= 0.6 is 12.1 Å². The molecular weight excluding hydrogens is 444 g/mol. The molecule has 0 aliphatic carbocycles. The maximum Gasteiger partial charge on any atom is 0.354 e. The fourth-order valence-corrected chi connectivity index (χ4v) is 4.63. The molecule has 3 aromatic carbocycles. The van der Waals surface area contributed by atoms with Crippen LogP contribution < -0.4 is 0 Å². The van der Waals surface area contributed by atoms with Crippen molar-refractivity contribution in [2.75, 3.05) is 7.05 Å². The normalized spacial score (nSPS) is 12.2. The van der Waals surface area contributed by atoms with E-state index in [-0.39, 0.29) is 10.6 Å². The summed E-state index contributed by atoms with van der Waals surface area (Å²) in [6, 6.07) is 25.3. The second kappa shape index (κ2) is 10.6. The monoisotopic (exact) mass is 468 g/mol. The summed E-state index contributed by atoms with van der Waals surface area (Å²) in [5.74, 6) is -0.628. The van der Waals surface area contributed by atoms with E-state index >= 15 is 0 Å². The molecule has 0 atom stereocenters. The molecule has 3 aromatic rings. The van der Waals surface area contributed by atoms with Crippen molar-refractivity contribution < 1.29 is 17.9 Å². The summed E-state index contributed by atoms with van der Waals surface area (Å²) in [4.78, 5) is 12.9. The molecular formula is C24H24N2O4S2. The highest BCUT2D eigenvalue weighted by Crippen LogP contribution is 2.27. The van der Waals surface area contributed by atoms with Gasteiger partial charge in [-0.25, -0.2) is 13.2 Å². The van der Waals surface area contributed by atoms with Crippen molar-refractivity contribution in [2.45, 2.75) is 24.8 Å². The lowest BCUT2D eigenvalue weighted by atomic mass is 10.0. The van der Waals surface area contributed by atoms with Crippen LogP contribution in [0.15, 0.2) is 94.2 Å². The van der Waals surface area contributed by atoms with E-state index in [1.807, 2.05) is 67.6 Å². The molecule has 0 fully saturated rings. The van der Waals surface area contributed by atoms with E-state index < -0.39 is 22.1 Å². The Hall–Kier alpha value is -2.94. The number of esters is 1. The van der Waals surface area contributed by atoms with Gasteiger partial charge in [-0.1, -0.05) is 78.4 Å². The molecule has 0 aliphatic rings. The van der Waals surface area contributed by atoms with Crippen LogP contribution in [0.3, 0.4) is 0 Å². The Balaban J connectivity index is 1.74. The van der Waals surface area contributed by atoms with Crippen LogP contribution in [0.25, 0.3) is 0 Å². The van der Waals surface area contributed by atoms with Gasteiger partial charge >= 0.3 is 5.97 Å². The Morgan fingerprint density at radius 3 is 1.91 bits per heavy atom. The van der Waals surface area contributed by atoms with Crippen molar-refractivity contribution in [2.24, 2.45) is 4.40 Å². The molecule has 0 aromatic heterocycles. The minimum Gasteiger partial charge on any atom is -0.448 e. The summed E-state index contributed by atoms with van der Waals surface area (Å²) < 4.78 is 36.2. The zero-order chi connectivity index (χ0) is 23.1. The Morgan fingerprint density at radius 2 is 1.41 bits per heavy atom. The van der Waals surface area contributed by atoms with Gasteiger partial charge in [0.25, 0.3) is 10.0 Å². The summed E-state index contributed by atoms with van der Waals surface area (Å²) in [7, 11) is -2.36. The van der Waals surface area contributed by atoms with Gasteiger partial charge in [-0.05, 0) is 37.1 Å². The molecule has 0 N–H and O–H groups in total. The zero-order valence-corrected chi connectivity index (χ0v) is 19.6. The topological polar surface area (TPSA) is 76.0 Å². The second-order valence-electron chi connectivity index (χ2n) is 7.09. The molecule has 0 heterocycles. The van der Waals surface area contributed by atoms with Crippen LogP contribution in [0.1, 0.15) is 29.7 Å². The summed E-state index contributed by atoms with van der Waals surface area (Å²) in [6.07, 6.45) is -0.603. The molecule has 0 saturated carbocycles. The highest BCUT2D eigenvalue weighted by molar-refractivity contribution is 8.07. The quantitative estimate of drug-likeness (QED) is 0.265. The van der Waals surface area contributed by atoms with Gasteiger partial charge in [0.15, 0.2) is 6.10 Å². The van der Waals surface area contributed by atoms with Gasteiger partial charge < -0.3 is 4.74 Å². The number of carbonyl (C=O) groups is 1. The molecule has 8 heteroatoms. The first kappa shape index (κ1) is 23.7. The maximum atomic E-state index is 12.7. The van der Waals surface area contributed by atoms with E-state index in [2.05, 4.69) is 4.40 Å². The zero-order valence-electron chi connectivity index (χ0n) is 18.0. The van der Waals surface area contributed by atoms with E-state index in [0.29, 0.717) is 12.1 Å².